The van der Waals surface area contributed by atoms with Crippen LogP contribution in [-0.2, 0) is 6.54 Å². The fourth-order valence-electron chi connectivity index (χ4n) is 5.55. The molecule has 1 heterocycles. The maximum atomic E-state index is 7.00. The highest BCUT2D eigenvalue weighted by Crippen LogP contribution is 2.39. The molecule has 0 radical (unpaired) electrons. The largest absolute Gasteiger partial charge is 0.400 e. The van der Waals surface area contributed by atoms with Gasteiger partial charge in [-0.25, -0.2) is 4.57 Å². The quantitative estimate of drug-likeness (QED) is 0.102. The van der Waals surface area contributed by atoms with Crippen LogP contribution in [0.25, 0.3) is 33.7 Å². The van der Waals surface area contributed by atoms with Crippen LogP contribution in [0.15, 0.2) is 122 Å². The normalized spacial score (nSPS) is 10.7. The molecule has 1 aromatic heterocycles. The minimum Gasteiger partial charge on any atom is -0.400 e. The summed E-state index contributed by atoms with van der Waals surface area (Å²) in [5, 5.41) is 12.0. The number of anilines is 3. The number of pyridine rings is 1. The zero-order valence-corrected chi connectivity index (χ0v) is 28.0. The number of fused-ring (bicyclic) bond motifs is 3. The lowest BCUT2D eigenvalue weighted by Crippen LogP contribution is -2.32. The topological polar surface area (TPSA) is 27.3 Å². The lowest BCUT2D eigenvalue weighted by Gasteiger charge is -2.26. The highest BCUT2D eigenvalue weighted by Gasteiger charge is 2.15. The summed E-state index contributed by atoms with van der Waals surface area (Å²) in [5.74, 6) is 0.904. The summed E-state index contributed by atoms with van der Waals surface area (Å²) < 4.78 is 2.22. The maximum Gasteiger partial charge on any atom is 0.169 e. The van der Waals surface area contributed by atoms with Crippen LogP contribution in [-0.4, -0.2) is 18.0 Å². The number of benzene rings is 5. The molecule has 5 aromatic carbocycles. The molecular formula is C41H45N2OS+. The summed E-state index contributed by atoms with van der Waals surface area (Å²) in [6.45, 7) is 9.30. The van der Waals surface area contributed by atoms with Crippen molar-refractivity contribution in [3.05, 3.63) is 144 Å². The zero-order chi connectivity index (χ0) is 32.2. The molecule has 230 valence electrons. The Labute approximate surface area is 274 Å². The number of hydrogen-bond donors (Lipinski definition) is 2. The third kappa shape index (κ3) is 8.21. The van der Waals surface area contributed by atoms with Gasteiger partial charge in [-0.3, -0.25) is 0 Å². The van der Waals surface area contributed by atoms with E-state index < -0.39 is 0 Å². The molecule has 4 heteroatoms. The third-order valence-corrected chi connectivity index (χ3v) is 7.92. The van der Waals surface area contributed by atoms with Gasteiger partial charge >= 0.3 is 0 Å². The molecule has 3 nitrogen and oxygen atoms in total. The van der Waals surface area contributed by atoms with E-state index in [2.05, 4.69) is 170 Å². The van der Waals surface area contributed by atoms with Gasteiger partial charge < -0.3 is 10.0 Å². The molecule has 0 bridgehead atoms. The summed E-state index contributed by atoms with van der Waals surface area (Å²) in [6, 6.07) is 39.7. The Morgan fingerprint density at radius 1 is 0.644 bits per heavy atom. The highest BCUT2D eigenvalue weighted by molar-refractivity contribution is 7.80. The molecule has 0 amide bonds. The molecule has 0 aliphatic heterocycles. The first-order valence-electron chi connectivity index (χ1n) is 15.7. The smallest absolute Gasteiger partial charge is 0.169 e. The Morgan fingerprint density at radius 2 is 1.24 bits per heavy atom. The summed E-state index contributed by atoms with van der Waals surface area (Å²) in [6.07, 6.45) is 9.83. The molecule has 0 atom stereocenters. The van der Waals surface area contributed by atoms with Gasteiger partial charge in [-0.15, -0.1) is 0 Å². The molecule has 0 aliphatic rings. The van der Waals surface area contributed by atoms with Crippen molar-refractivity contribution in [1.29, 1.82) is 0 Å². The molecule has 6 rings (SSSR count). The molecule has 0 fully saturated rings. The standard InChI is InChI=1S/C38H34N2S.C2H6.CH4O/c1-28-8-5-10-33(24-28)40(34-11-6-9-29(2)25-34)35-17-16-32-26-31(36-12-3-4-13-37(36)38(32)27-35)15-14-30-18-21-39(22-19-30)20-7-23-41;2*1-2/h3-6,8-19,21-22,24-27H,7,20,23H2,1-2H3;1-2H3;2H,1H3/p+1. The van der Waals surface area contributed by atoms with Crippen molar-refractivity contribution >= 4 is 63.4 Å². The Morgan fingerprint density at radius 3 is 1.84 bits per heavy atom. The second-order valence-corrected chi connectivity index (χ2v) is 11.2. The number of thiol groups is 1. The number of aliphatic hydroxyl groups is 1. The fourth-order valence-corrected chi connectivity index (χ4v) is 5.69. The summed E-state index contributed by atoms with van der Waals surface area (Å²) >= 11 is 4.33. The first kappa shape index (κ1) is 33.5. The van der Waals surface area contributed by atoms with Crippen molar-refractivity contribution in [3.63, 3.8) is 0 Å². The van der Waals surface area contributed by atoms with Crippen LogP contribution >= 0.6 is 12.6 Å². The van der Waals surface area contributed by atoms with Gasteiger partial charge in [-0.2, -0.15) is 12.6 Å². The monoisotopic (exact) mass is 613 g/mol. The fraction of sp³-hybridized carbons (Fsp3) is 0.195. The van der Waals surface area contributed by atoms with E-state index in [0.717, 1.165) is 42.9 Å². The second-order valence-electron chi connectivity index (χ2n) is 10.7. The third-order valence-electron chi connectivity index (χ3n) is 7.60. The number of rotatable bonds is 8. The maximum absolute atomic E-state index is 7.00. The van der Waals surface area contributed by atoms with Crippen LogP contribution in [0.5, 0.6) is 0 Å². The molecule has 1 N–H and O–H groups in total. The first-order chi connectivity index (χ1) is 22.1. The van der Waals surface area contributed by atoms with Gasteiger partial charge in [0.25, 0.3) is 0 Å². The highest BCUT2D eigenvalue weighted by atomic mass is 32.1. The Balaban J connectivity index is 0.00000111. The predicted octanol–water partition coefficient (Wildman–Crippen LogP) is 10.5. The van der Waals surface area contributed by atoms with Gasteiger partial charge in [0.15, 0.2) is 12.4 Å². The van der Waals surface area contributed by atoms with Crippen molar-refractivity contribution < 1.29 is 9.67 Å². The van der Waals surface area contributed by atoms with Gasteiger partial charge in [0.05, 0.1) is 0 Å². The van der Waals surface area contributed by atoms with Crippen LogP contribution in [0.4, 0.5) is 17.1 Å². The van der Waals surface area contributed by atoms with Gasteiger partial charge in [0.2, 0.25) is 0 Å². The average molecular weight is 614 g/mol. The van der Waals surface area contributed by atoms with Crippen molar-refractivity contribution in [2.24, 2.45) is 0 Å². The van der Waals surface area contributed by atoms with E-state index in [1.165, 1.54) is 43.8 Å². The Bertz CT molecular complexity index is 1820. The van der Waals surface area contributed by atoms with Gasteiger partial charge in [-0.05, 0) is 106 Å². The van der Waals surface area contributed by atoms with Crippen molar-refractivity contribution in [2.75, 3.05) is 17.8 Å². The van der Waals surface area contributed by atoms with Crippen LogP contribution in [0, 0.1) is 13.8 Å². The lowest BCUT2D eigenvalue weighted by molar-refractivity contribution is -0.696. The number of hydrogen-bond acceptors (Lipinski definition) is 3. The Hall–Kier alpha value is -4.38. The minimum atomic E-state index is 0.904. The van der Waals surface area contributed by atoms with E-state index in [0.29, 0.717) is 0 Å². The molecular weight excluding hydrogens is 569 g/mol. The molecule has 45 heavy (non-hydrogen) atoms. The number of aliphatic hydroxyl groups excluding tert-OH is 1. The molecule has 0 unspecified atom stereocenters. The van der Waals surface area contributed by atoms with E-state index in [-0.39, 0.29) is 0 Å². The molecule has 0 aliphatic carbocycles. The lowest BCUT2D eigenvalue weighted by atomic mass is 9.96. The van der Waals surface area contributed by atoms with Crippen molar-refractivity contribution in [2.45, 2.75) is 40.7 Å². The van der Waals surface area contributed by atoms with Crippen LogP contribution in [0.3, 0.4) is 0 Å². The van der Waals surface area contributed by atoms with E-state index in [9.17, 15) is 0 Å². The van der Waals surface area contributed by atoms with Crippen LogP contribution < -0.4 is 9.47 Å². The molecule has 6 aromatic rings. The Kier molecular flexibility index (Phi) is 12.4. The minimum absolute atomic E-state index is 0.904. The number of aromatic nitrogens is 1. The second kappa shape index (κ2) is 16.6. The van der Waals surface area contributed by atoms with Gasteiger partial charge in [-0.1, -0.05) is 80.6 Å². The van der Waals surface area contributed by atoms with Crippen LogP contribution in [0.1, 0.15) is 42.5 Å². The van der Waals surface area contributed by atoms with E-state index in [1.54, 1.807) is 0 Å². The molecule has 0 saturated heterocycles. The predicted molar refractivity (Wildman–Crippen MR) is 199 cm³/mol. The summed E-state index contributed by atoms with van der Waals surface area (Å²) in [4.78, 5) is 2.36. The van der Waals surface area contributed by atoms with Gasteiger partial charge in [0.1, 0.15) is 6.54 Å². The molecule has 0 spiro atoms. The van der Waals surface area contributed by atoms with E-state index in [4.69, 9.17) is 5.11 Å². The zero-order valence-electron chi connectivity index (χ0n) is 27.1. The number of nitrogens with zero attached hydrogens (tertiary/aromatic N) is 2. The summed E-state index contributed by atoms with van der Waals surface area (Å²) in [7, 11) is 1.00. The first-order valence-corrected chi connectivity index (χ1v) is 16.3. The SMILES string of the molecule is CC.CO.Cc1cccc(N(c2cccc(C)c2)c2ccc3cc(/C=C/c4cc[n+](CCCS)cc4)c4ccccc4c3c2)c1. The van der Waals surface area contributed by atoms with Crippen molar-refractivity contribution in [3.8, 4) is 0 Å². The van der Waals surface area contributed by atoms with E-state index >= 15 is 0 Å². The van der Waals surface area contributed by atoms with Crippen LogP contribution in [0.2, 0.25) is 0 Å². The average Bonchev–Trinajstić information content (AvgIpc) is 3.09. The van der Waals surface area contributed by atoms with Gasteiger partial charge in [0, 0.05) is 42.7 Å². The summed E-state index contributed by atoms with van der Waals surface area (Å²) in [5.41, 5.74) is 8.38. The molecule has 0 saturated carbocycles. The number of aryl methyl sites for hydroxylation is 3. The van der Waals surface area contributed by atoms with E-state index in [1.807, 2.05) is 13.8 Å². The van der Waals surface area contributed by atoms with Crippen molar-refractivity contribution in [1.82, 2.24) is 0 Å².